The fraction of sp³-hybridized carbons (Fsp3) is 0.429. The molecule has 0 bridgehead atoms. The Bertz CT molecular complexity index is 509. The predicted molar refractivity (Wildman–Crippen MR) is 78.7 cm³/mol. The normalized spacial score (nSPS) is 18.3. The second-order valence-corrected chi connectivity index (χ2v) is 5.95. The number of benzene rings is 1. The van der Waals surface area contributed by atoms with Crippen molar-refractivity contribution in [1.29, 1.82) is 0 Å². The SMILES string of the molecule is O=C(O)CC1CSCCN1C(=O)NCc1ccc(F)cc1. The van der Waals surface area contributed by atoms with Gasteiger partial charge in [0.05, 0.1) is 12.5 Å². The molecule has 0 saturated carbocycles. The lowest BCUT2D eigenvalue weighted by Gasteiger charge is -2.34. The van der Waals surface area contributed by atoms with E-state index in [0.29, 0.717) is 18.8 Å². The molecule has 2 rings (SSSR count). The van der Waals surface area contributed by atoms with Crippen LogP contribution in [0.25, 0.3) is 0 Å². The van der Waals surface area contributed by atoms with Gasteiger partial charge < -0.3 is 15.3 Å². The molecule has 1 unspecified atom stereocenters. The number of nitrogens with zero attached hydrogens (tertiary/aromatic N) is 1. The number of halogens is 1. The molecule has 0 spiro atoms. The molecular weight excluding hydrogens is 295 g/mol. The smallest absolute Gasteiger partial charge is 0.317 e. The van der Waals surface area contributed by atoms with Crippen molar-refractivity contribution in [3.8, 4) is 0 Å². The van der Waals surface area contributed by atoms with E-state index in [4.69, 9.17) is 5.11 Å². The number of nitrogens with one attached hydrogen (secondary N) is 1. The number of amides is 2. The Morgan fingerprint density at radius 3 is 2.76 bits per heavy atom. The molecule has 2 amide bonds. The van der Waals surface area contributed by atoms with E-state index in [0.717, 1.165) is 11.3 Å². The number of hydrogen-bond acceptors (Lipinski definition) is 3. The van der Waals surface area contributed by atoms with Gasteiger partial charge in [-0.2, -0.15) is 11.8 Å². The highest BCUT2D eigenvalue weighted by Crippen LogP contribution is 2.19. The van der Waals surface area contributed by atoms with E-state index in [9.17, 15) is 14.0 Å². The van der Waals surface area contributed by atoms with Crippen molar-refractivity contribution in [2.75, 3.05) is 18.1 Å². The quantitative estimate of drug-likeness (QED) is 0.891. The predicted octanol–water partition coefficient (Wildman–Crippen LogP) is 1.93. The van der Waals surface area contributed by atoms with Crippen molar-refractivity contribution in [3.05, 3.63) is 35.6 Å². The lowest BCUT2D eigenvalue weighted by molar-refractivity contribution is -0.138. The number of carboxylic acids is 1. The summed E-state index contributed by atoms with van der Waals surface area (Å²) in [7, 11) is 0. The summed E-state index contributed by atoms with van der Waals surface area (Å²) in [6.45, 7) is 0.834. The van der Waals surface area contributed by atoms with Crippen molar-refractivity contribution in [1.82, 2.24) is 10.2 Å². The van der Waals surface area contributed by atoms with Crippen molar-refractivity contribution < 1.29 is 19.1 Å². The molecule has 114 valence electrons. The van der Waals surface area contributed by atoms with Crippen LogP contribution in [-0.4, -0.2) is 46.1 Å². The topological polar surface area (TPSA) is 69.6 Å². The van der Waals surface area contributed by atoms with Gasteiger partial charge in [0.25, 0.3) is 0 Å². The maximum Gasteiger partial charge on any atom is 0.317 e. The van der Waals surface area contributed by atoms with Crippen LogP contribution in [0.5, 0.6) is 0 Å². The van der Waals surface area contributed by atoms with E-state index in [1.54, 1.807) is 28.8 Å². The van der Waals surface area contributed by atoms with Gasteiger partial charge in [0.1, 0.15) is 5.82 Å². The average molecular weight is 312 g/mol. The Morgan fingerprint density at radius 1 is 1.38 bits per heavy atom. The van der Waals surface area contributed by atoms with Crippen molar-refractivity contribution >= 4 is 23.8 Å². The molecule has 1 aliphatic rings. The number of urea groups is 1. The average Bonchev–Trinajstić information content (AvgIpc) is 2.46. The second kappa shape index (κ2) is 7.31. The van der Waals surface area contributed by atoms with E-state index >= 15 is 0 Å². The molecule has 0 aliphatic carbocycles. The maximum atomic E-state index is 12.8. The van der Waals surface area contributed by atoms with Gasteiger partial charge in [-0.1, -0.05) is 12.1 Å². The molecule has 5 nitrogen and oxygen atoms in total. The standard InChI is InChI=1S/C14H17FN2O3S/c15-11-3-1-10(2-4-11)8-16-14(20)17-5-6-21-9-12(17)7-13(18)19/h1-4,12H,5-9H2,(H,16,20)(H,18,19). The van der Waals surface area contributed by atoms with Crippen LogP contribution in [0.3, 0.4) is 0 Å². The first-order valence-electron chi connectivity index (χ1n) is 6.64. The zero-order valence-corrected chi connectivity index (χ0v) is 12.2. The molecule has 2 N–H and O–H groups in total. The Morgan fingerprint density at radius 2 is 2.10 bits per heavy atom. The van der Waals surface area contributed by atoms with E-state index in [1.807, 2.05) is 0 Å². The molecule has 1 atom stereocenters. The van der Waals surface area contributed by atoms with Crippen molar-refractivity contribution in [2.24, 2.45) is 0 Å². The number of rotatable bonds is 4. The summed E-state index contributed by atoms with van der Waals surface area (Å²) in [5.41, 5.74) is 0.797. The first kappa shape index (κ1) is 15.6. The molecule has 0 aromatic heterocycles. The molecule has 1 heterocycles. The number of hydrogen-bond donors (Lipinski definition) is 2. The van der Waals surface area contributed by atoms with Crippen LogP contribution < -0.4 is 5.32 Å². The van der Waals surface area contributed by atoms with Crippen molar-refractivity contribution in [3.63, 3.8) is 0 Å². The molecule has 1 aliphatic heterocycles. The summed E-state index contributed by atoms with van der Waals surface area (Å²) >= 11 is 1.66. The van der Waals surface area contributed by atoms with Gasteiger partial charge in [0.2, 0.25) is 0 Å². The first-order valence-corrected chi connectivity index (χ1v) is 7.80. The molecule has 1 saturated heterocycles. The van der Waals surface area contributed by atoms with E-state index in [-0.39, 0.29) is 24.3 Å². The highest BCUT2D eigenvalue weighted by Gasteiger charge is 2.28. The minimum atomic E-state index is -0.904. The zero-order valence-electron chi connectivity index (χ0n) is 11.4. The summed E-state index contributed by atoms with van der Waals surface area (Å²) in [5, 5.41) is 11.6. The van der Waals surface area contributed by atoms with Crippen LogP contribution in [0.15, 0.2) is 24.3 Å². The fourth-order valence-corrected chi connectivity index (χ4v) is 3.24. The third-order valence-corrected chi connectivity index (χ3v) is 4.35. The first-order chi connectivity index (χ1) is 10.1. The maximum absolute atomic E-state index is 12.8. The van der Waals surface area contributed by atoms with Crippen molar-refractivity contribution in [2.45, 2.75) is 19.0 Å². The minimum absolute atomic E-state index is 0.0447. The van der Waals surface area contributed by atoms with Crippen LogP contribution in [0.1, 0.15) is 12.0 Å². The molecule has 0 radical (unpaired) electrons. The number of aliphatic carboxylic acids is 1. The number of carboxylic acid groups (broad SMARTS) is 1. The van der Waals surface area contributed by atoms with Gasteiger partial charge in [-0.25, -0.2) is 9.18 Å². The molecule has 1 aromatic rings. The van der Waals surface area contributed by atoms with Gasteiger partial charge in [0.15, 0.2) is 0 Å². The van der Waals surface area contributed by atoms with Crippen LogP contribution in [0, 0.1) is 5.82 Å². The summed E-state index contributed by atoms with van der Waals surface area (Å²) in [5.74, 6) is 0.217. The number of carbonyl (C=O) groups excluding carboxylic acids is 1. The van der Waals surface area contributed by atoms with E-state index < -0.39 is 5.97 Å². The Balaban J connectivity index is 1.91. The van der Waals surface area contributed by atoms with Crippen LogP contribution in [0.4, 0.5) is 9.18 Å². The van der Waals surface area contributed by atoms with Gasteiger partial charge in [-0.3, -0.25) is 4.79 Å². The highest BCUT2D eigenvalue weighted by molar-refractivity contribution is 7.99. The number of carbonyl (C=O) groups is 2. The second-order valence-electron chi connectivity index (χ2n) is 4.81. The monoisotopic (exact) mass is 312 g/mol. The van der Waals surface area contributed by atoms with Crippen LogP contribution in [-0.2, 0) is 11.3 Å². The van der Waals surface area contributed by atoms with E-state index in [2.05, 4.69) is 5.32 Å². The summed E-state index contributed by atoms with van der Waals surface area (Å²) in [4.78, 5) is 24.6. The molecule has 1 fully saturated rings. The third kappa shape index (κ3) is 4.63. The highest BCUT2D eigenvalue weighted by atomic mass is 32.2. The van der Waals surface area contributed by atoms with Crippen LogP contribution in [0.2, 0.25) is 0 Å². The number of thioether (sulfide) groups is 1. The summed E-state index contributed by atoms with van der Waals surface area (Å²) < 4.78 is 12.8. The van der Waals surface area contributed by atoms with Gasteiger partial charge in [-0.05, 0) is 17.7 Å². The summed E-state index contributed by atoms with van der Waals surface area (Å²) in [6.07, 6.45) is -0.0447. The van der Waals surface area contributed by atoms with E-state index in [1.165, 1.54) is 12.1 Å². The lowest BCUT2D eigenvalue weighted by Crippen LogP contribution is -2.51. The summed E-state index contributed by atoms with van der Waals surface area (Å²) in [6, 6.07) is 5.34. The Labute approximate surface area is 126 Å². The fourth-order valence-electron chi connectivity index (χ4n) is 2.17. The Hall–Kier alpha value is -1.76. The third-order valence-electron chi connectivity index (χ3n) is 3.26. The zero-order chi connectivity index (χ0) is 15.2. The minimum Gasteiger partial charge on any atom is -0.481 e. The van der Waals surface area contributed by atoms with Gasteiger partial charge in [-0.15, -0.1) is 0 Å². The Kier molecular flexibility index (Phi) is 5.44. The molecule has 1 aromatic carbocycles. The van der Waals surface area contributed by atoms with Gasteiger partial charge in [0, 0.05) is 24.6 Å². The lowest BCUT2D eigenvalue weighted by atomic mass is 10.2. The van der Waals surface area contributed by atoms with Gasteiger partial charge >= 0.3 is 12.0 Å². The van der Waals surface area contributed by atoms with Crippen LogP contribution >= 0.6 is 11.8 Å². The molecule has 21 heavy (non-hydrogen) atoms. The molecular formula is C14H17FN2O3S. The largest absolute Gasteiger partial charge is 0.481 e. The molecule has 7 heteroatoms.